The highest BCUT2D eigenvalue weighted by molar-refractivity contribution is 7.24. The Morgan fingerprint density at radius 2 is 1.64 bits per heavy atom. The molecule has 1 saturated carbocycles. The molecule has 0 radical (unpaired) electrons. The van der Waals surface area contributed by atoms with Crippen LogP contribution in [0.4, 0.5) is 10.3 Å². The summed E-state index contributed by atoms with van der Waals surface area (Å²) in [7, 11) is 0. The lowest BCUT2D eigenvalue weighted by atomic mass is 10.2. The first-order valence-electron chi connectivity index (χ1n) is 13.7. The monoisotopic (exact) mass is 564 g/mol. The molecular formula is C28H32N6O3S2. The van der Waals surface area contributed by atoms with Gasteiger partial charge in [0.2, 0.25) is 12.7 Å². The zero-order valence-electron chi connectivity index (χ0n) is 22.0. The van der Waals surface area contributed by atoms with Crippen LogP contribution in [0.15, 0.2) is 24.3 Å². The van der Waals surface area contributed by atoms with Gasteiger partial charge >= 0.3 is 0 Å². The molecule has 11 heteroatoms. The van der Waals surface area contributed by atoms with E-state index in [0.717, 1.165) is 85.5 Å². The Kier molecular flexibility index (Phi) is 6.65. The Labute approximate surface area is 235 Å². The van der Waals surface area contributed by atoms with Gasteiger partial charge in [0.15, 0.2) is 21.8 Å². The lowest BCUT2D eigenvalue weighted by Gasteiger charge is -2.38. The SMILES string of the molecule is Cc1c2nc(NCC(=O)N3CCN(C4CCCC4)CC3)sc2cc2sc(NCc3ccc4c(c3)OCO4)nc12. The number of hydrogen-bond donors (Lipinski definition) is 2. The van der Waals surface area contributed by atoms with Gasteiger partial charge in [0.05, 0.1) is 27.0 Å². The van der Waals surface area contributed by atoms with Gasteiger partial charge in [-0.3, -0.25) is 9.69 Å². The molecule has 2 aromatic carbocycles. The molecule has 2 aliphatic heterocycles. The zero-order valence-corrected chi connectivity index (χ0v) is 23.6. The van der Waals surface area contributed by atoms with E-state index >= 15 is 0 Å². The molecule has 2 N–H and O–H groups in total. The second kappa shape index (κ2) is 10.4. The molecule has 9 nitrogen and oxygen atoms in total. The number of nitrogens with one attached hydrogen (secondary N) is 2. The number of carbonyl (C=O) groups excluding carboxylic acids is 1. The molecule has 4 heterocycles. The maximum absolute atomic E-state index is 12.9. The van der Waals surface area contributed by atoms with Crippen LogP contribution in [0.5, 0.6) is 11.5 Å². The number of carbonyl (C=O) groups is 1. The number of aromatic nitrogens is 2. The van der Waals surface area contributed by atoms with Crippen molar-refractivity contribution in [2.75, 3.05) is 50.2 Å². The van der Waals surface area contributed by atoms with Crippen LogP contribution in [-0.4, -0.2) is 71.2 Å². The molecule has 0 bridgehead atoms. The topological polar surface area (TPSA) is 91.9 Å². The normalized spacial score (nSPS) is 17.9. The van der Waals surface area contributed by atoms with Gasteiger partial charge in [-0.05, 0) is 43.5 Å². The maximum Gasteiger partial charge on any atom is 0.242 e. The molecule has 4 aromatic rings. The Morgan fingerprint density at radius 1 is 0.949 bits per heavy atom. The van der Waals surface area contributed by atoms with E-state index in [1.54, 1.807) is 22.7 Å². The number of benzene rings is 2. The van der Waals surface area contributed by atoms with Crippen LogP contribution in [0, 0.1) is 6.92 Å². The first kappa shape index (κ1) is 24.9. The van der Waals surface area contributed by atoms with Crippen LogP contribution in [0.2, 0.25) is 0 Å². The van der Waals surface area contributed by atoms with Crippen molar-refractivity contribution in [1.82, 2.24) is 19.8 Å². The van der Waals surface area contributed by atoms with Gasteiger partial charge in [-0.2, -0.15) is 0 Å². The smallest absolute Gasteiger partial charge is 0.242 e. The van der Waals surface area contributed by atoms with E-state index < -0.39 is 0 Å². The zero-order chi connectivity index (χ0) is 26.3. The molecule has 2 aromatic heterocycles. The predicted octanol–water partition coefficient (Wildman–Crippen LogP) is 5.05. The highest BCUT2D eigenvalue weighted by Gasteiger charge is 2.28. The number of piperazine rings is 1. The summed E-state index contributed by atoms with van der Waals surface area (Å²) in [5, 5.41) is 8.40. The summed E-state index contributed by atoms with van der Waals surface area (Å²) in [6.45, 7) is 6.92. The highest BCUT2D eigenvalue weighted by Crippen LogP contribution is 2.37. The highest BCUT2D eigenvalue weighted by atomic mass is 32.1. The summed E-state index contributed by atoms with van der Waals surface area (Å²) in [5.41, 5.74) is 4.08. The number of hydrogen-bond acceptors (Lipinski definition) is 10. The van der Waals surface area contributed by atoms with E-state index in [0.29, 0.717) is 6.54 Å². The molecule has 3 aliphatic rings. The van der Waals surface area contributed by atoms with Crippen LogP contribution < -0.4 is 20.1 Å². The fourth-order valence-corrected chi connectivity index (χ4v) is 7.87. The van der Waals surface area contributed by atoms with Crippen LogP contribution >= 0.6 is 22.7 Å². The second-order valence-corrected chi connectivity index (χ2v) is 12.5. The number of rotatable bonds is 7. The minimum Gasteiger partial charge on any atom is -0.454 e. The van der Waals surface area contributed by atoms with E-state index in [4.69, 9.17) is 19.4 Å². The van der Waals surface area contributed by atoms with Crippen molar-refractivity contribution < 1.29 is 14.3 Å². The van der Waals surface area contributed by atoms with E-state index in [1.165, 1.54) is 25.7 Å². The molecule has 0 unspecified atom stereocenters. The van der Waals surface area contributed by atoms with Crippen molar-refractivity contribution in [2.24, 2.45) is 0 Å². The molecule has 2 fully saturated rings. The largest absolute Gasteiger partial charge is 0.454 e. The number of aryl methyl sites for hydroxylation is 1. The third-order valence-electron chi connectivity index (χ3n) is 8.06. The predicted molar refractivity (Wildman–Crippen MR) is 156 cm³/mol. The lowest BCUT2D eigenvalue weighted by molar-refractivity contribution is -0.131. The van der Waals surface area contributed by atoms with Gasteiger partial charge in [0.25, 0.3) is 0 Å². The summed E-state index contributed by atoms with van der Waals surface area (Å²) in [6.07, 6.45) is 5.34. The number of thiazole rings is 2. The molecule has 0 spiro atoms. The summed E-state index contributed by atoms with van der Waals surface area (Å²) >= 11 is 3.24. The van der Waals surface area contributed by atoms with Crippen molar-refractivity contribution in [3.05, 3.63) is 35.4 Å². The fourth-order valence-electron chi connectivity index (χ4n) is 5.88. The van der Waals surface area contributed by atoms with Crippen molar-refractivity contribution in [3.63, 3.8) is 0 Å². The Balaban J connectivity index is 0.979. The third kappa shape index (κ3) is 4.99. The quantitative estimate of drug-likeness (QED) is 0.322. The summed E-state index contributed by atoms with van der Waals surface area (Å²) in [4.78, 5) is 27.1. The number of anilines is 2. The van der Waals surface area contributed by atoms with E-state index in [9.17, 15) is 4.79 Å². The lowest BCUT2D eigenvalue weighted by Crippen LogP contribution is -2.52. The molecular weight excluding hydrogens is 532 g/mol. The van der Waals surface area contributed by atoms with Gasteiger partial charge < -0.3 is 25.0 Å². The summed E-state index contributed by atoms with van der Waals surface area (Å²) in [6, 6.07) is 8.88. The van der Waals surface area contributed by atoms with Crippen molar-refractivity contribution in [1.29, 1.82) is 0 Å². The molecule has 1 saturated heterocycles. The van der Waals surface area contributed by atoms with Crippen molar-refractivity contribution >= 4 is 59.3 Å². The minimum absolute atomic E-state index is 0.151. The van der Waals surface area contributed by atoms with E-state index in [2.05, 4.69) is 28.5 Å². The number of fused-ring (bicyclic) bond motifs is 3. The van der Waals surface area contributed by atoms with Gasteiger partial charge in [-0.15, -0.1) is 0 Å². The second-order valence-electron chi connectivity index (χ2n) is 10.5. The molecule has 1 amide bonds. The Hall–Kier alpha value is -3.15. The first-order chi connectivity index (χ1) is 19.1. The average Bonchev–Trinajstić information content (AvgIpc) is 3.77. The molecule has 39 heavy (non-hydrogen) atoms. The van der Waals surface area contributed by atoms with Crippen molar-refractivity contribution in [3.8, 4) is 11.5 Å². The fraction of sp³-hybridized carbons (Fsp3) is 0.464. The maximum atomic E-state index is 12.9. The van der Waals surface area contributed by atoms with Gasteiger partial charge in [0.1, 0.15) is 0 Å². The Morgan fingerprint density at radius 3 is 2.38 bits per heavy atom. The van der Waals surface area contributed by atoms with Crippen LogP contribution in [0.25, 0.3) is 20.4 Å². The minimum atomic E-state index is 0.151. The standard InChI is InChI=1S/C28H32N6O3S2/c1-17-25-22(38-27(31-25)29-14-18-6-7-20-21(12-18)37-16-36-20)13-23-26(17)32-28(39-23)30-15-24(35)34-10-8-33(9-11-34)19-4-2-3-5-19/h6-7,12-13,19H,2-5,8-11,14-16H2,1H3,(H,29,31)(H,30,32). The van der Waals surface area contributed by atoms with Gasteiger partial charge in [-0.1, -0.05) is 41.6 Å². The van der Waals surface area contributed by atoms with Crippen LogP contribution in [-0.2, 0) is 11.3 Å². The van der Waals surface area contributed by atoms with Gasteiger partial charge in [0, 0.05) is 44.3 Å². The van der Waals surface area contributed by atoms with E-state index in [1.807, 2.05) is 23.1 Å². The summed E-state index contributed by atoms with van der Waals surface area (Å²) < 4.78 is 13.1. The summed E-state index contributed by atoms with van der Waals surface area (Å²) in [5.74, 6) is 1.73. The van der Waals surface area contributed by atoms with Gasteiger partial charge in [-0.25, -0.2) is 9.97 Å². The number of ether oxygens (including phenoxy) is 2. The number of nitrogens with zero attached hydrogens (tertiary/aromatic N) is 4. The van der Waals surface area contributed by atoms with Crippen LogP contribution in [0.3, 0.4) is 0 Å². The molecule has 1 aliphatic carbocycles. The average molecular weight is 565 g/mol. The molecule has 7 rings (SSSR count). The van der Waals surface area contributed by atoms with Crippen molar-refractivity contribution in [2.45, 2.75) is 45.2 Å². The van der Waals surface area contributed by atoms with Crippen LogP contribution in [0.1, 0.15) is 36.8 Å². The first-order valence-corrected chi connectivity index (χ1v) is 15.3. The number of amides is 1. The molecule has 204 valence electrons. The Bertz CT molecular complexity index is 1520. The molecule has 0 atom stereocenters. The van der Waals surface area contributed by atoms with E-state index in [-0.39, 0.29) is 19.2 Å². The third-order valence-corrected chi connectivity index (χ3v) is 9.98.